The summed E-state index contributed by atoms with van der Waals surface area (Å²) in [4.78, 5) is 55.6. The number of para-hydroxylation sites is 2. The number of aliphatic carboxylic acids is 2. The van der Waals surface area contributed by atoms with Crippen LogP contribution >= 0.6 is 0 Å². The van der Waals surface area contributed by atoms with E-state index in [4.69, 9.17) is 9.47 Å². The van der Waals surface area contributed by atoms with Crippen molar-refractivity contribution in [3.63, 3.8) is 0 Å². The van der Waals surface area contributed by atoms with Crippen LogP contribution in [0.15, 0.2) is 109 Å². The van der Waals surface area contributed by atoms with E-state index in [0.717, 1.165) is 11.1 Å². The highest BCUT2D eigenvalue weighted by Gasteiger charge is 2.64. The number of ether oxygens (including phenoxy) is 2. The number of amides is 2. The third-order valence-electron chi connectivity index (χ3n) is 8.63. The molecular formula is C38H38N2O8. The van der Waals surface area contributed by atoms with Crippen LogP contribution in [0.1, 0.15) is 25.0 Å². The number of hydrogen-bond donors (Lipinski definition) is 2. The van der Waals surface area contributed by atoms with Crippen LogP contribution in [0.25, 0.3) is 0 Å². The maximum atomic E-state index is 14.0. The molecule has 1 fully saturated rings. The number of rotatable bonds is 14. The molecule has 0 spiro atoms. The van der Waals surface area contributed by atoms with Crippen LogP contribution in [0.4, 0.5) is 0 Å². The van der Waals surface area contributed by atoms with E-state index in [2.05, 4.69) is 0 Å². The average molecular weight is 651 g/mol. The Morgan fingerprint density at radius 3 is 1.10 bits per heavy atom. The summed E-state index contributed by atoms with van der Waals surface area (Å²) < 4.78 is 11.7. The van der Waals surface area contributed by atoms with Crippen LogP contribution < -0.4 is 9.47 Å². The molecule has 10 nitrogen and oxygen atoms in total. The first-order chi connectivity index (χ1) is 23.2. The van der Waals surface area contributed by atoms with Crippen molar-refractivity contribution < 1.29 is 38.9 Å². The minimum atomic E-state index is -1.53. The number of carbonyl (C=O) groups excluding carboxylic acids is 2. The highest BCUT2D eigenvalue weighted by molar-refractivity contribution is 5.99. The lowest BCUT2D eigenvalue weighted by molar-refractivity contribution is -0.187. The minimum absolute atomic E-state index is 0.150. The Labute approximate surface area is 279 Å². The molecule has 48 heavy (non-hydrogen) atoms. The molecule has 5 rings (SSSR count). The van der Waals surface area contributed by atoms with Crippen LogP contribution in [-0.4, -0.2) is 56.9 Å². The molecular weight excluding hydrogens is 612 g/mol. The maximum Gasteiger partial charge on any atom is 0.308 e. The molecule has 1 aliphatic rings. The Balaban J connectivity index is 1.31. The Hall–Kier alpha value is -5.64. The van der Waals surface area contributed by atoms with E-state index in [9.17, 15) is 29.4 Å². The lowest BCUT2D eigenvalue weighted by Gasteiger charge is -2.48. The van der Waals surface area contributed by atoms with Gasteiger partial charge in [0.05, 0.1) is 23.7 Å². The zero-order chi connectivity index (χ0) is 34.2. The molecule has 0 aromatic heterocycles. The minimum Gasteiger partial charge on any atom is -0.481 e. The molecule has 248 valence electrons. The maximum absolute atomic E-state index is 14.0. The van der Waals surface area contributed by atoms with Gasteiger partial charge in [-0.3, -0.25) is 19.2 Å². The predicted molar refractivity (Wildman–Crippen MR) is 177 cm³/mol. The van der Waals surface area contributed by atoms with Gasteiger partial charge in [0.15, 0.2) is 0 Å². The largest absolute Gasteiger partial charge is 0.481 e. The second-order valence-corrected chi connectivity index (χ2v) is 11.6. The van der Waals surface area contributed by atoms with Gasteiger partial charge in [0.2, 0.25) is 11.8 Å². The number of carboxylic acids is 2. The van der Waals surface area contributed by atoms with Crippen molar-refractivity contribution >= 4 is 23.8 Å². The number of benzene rings is 4. The van der Waals surface area contributed by atoms with Gasteiger partial charge in [-0.2, -0.15) is 0 Å². The van der Waals surface area contributed by atoms with E-state index in [1.165, 1.54) is 9.80 Å². The van der Waals surface area contributed by atoms with Crippen molar-refractivity contribution in [3.8, 4) is 23.0 Å². The predicted octanol–water partition coefficient (Wildman–Crippen LogP) is 6.32. The Morgan fingerprint density at radius 2 is 0.812 bits per heavy atom. The molecule has 2 amide bonds. The fraction of sp³-hybridized carbons (Fsp3) is 0.263. The quantitative estimate of drug-likeness (QED) is 0.162. The molecule has 10 heteroatoms. The van der Waals surface area contributed by atoms with Crippen molar-refractivity contribution in [2.75, 3.05) is 13.1 Å². The zero-order valence-electron chi connectivity index (χ0n) is 26.8. The molecule has 2 N–H and O–H groups in total. The third-order valence-corrected chi connectivity index (χ3v) is 8.63. The fourth-order valence-corrected chi connectivity index (χ4v) is 6.11. The number of carbonyl (C=O) groups is 4. The number of nitrogens with zero attached hydrogens (tertiary/aromatic N) is 2. The van der Waals surface area contributed by atoms with Gasteiger partial charge in [0, 0.05) is 26.2 Å². The van der Waals surface area contributed by atoms with E-state index in [0.29, 0.717) is 23.0 Å². The van der Waals surface area contributed by atoms with Crippen molar-refractivity contribution in [3.05, 3.63) is 120 Å². The van der Waals surface area contributed by atoms with E-state index in [1.807, 2.05) is 60.7 Å². The van der Waals surface area contributed by atoms with E-state index in [1.54, 1.807) is 62.4 Å². The summed E-state index contributed by atoms with van der Waals surface area (Å²) in [5, 5.41) is 20.1. The van der Waals surface area contributed by atoms with Crippen LogP contribution in [-0.2, 0) is 32.3 Å². The van der Waals surface area contributed by atoms with E-state index < -0.39 is 47.4 Å². The normalized spacial score (nSPS) is 18.2. The smallest absolute Gasteiger partial charge is 0.308 e. The standard InChI is InChI=1S/C38H38N2O8/c1-3-39(23-25-15-19-29(20-16-25)47-27-11-7-5-8-12-27)35(41)31-32(34(38(45)46)33(31)37(43)44)36(42)40(4-2)24-26-17-21-30(22-18-26)48-28-13-9-6-10-14-28/h5-22,31-34H,3-4,23-24H2,1-2H3,(H,43,44)(H,45,46)/t31-,32-,33-,34-/m0/s1. The summed E-state index contributed by atoms with van der Waals surface area (Å²) in [6, 6.07) is 32.9. The summed E-state index contributed by atoms with van der Waals surface area (Å²) in [7, 11) is 0. The van der Waals surface area contributed by atoms with Gasteiger partial charge in [-0.1, -0.05) is 60.7 Å². The number of carboxylic acid groups (broad SMARTS) is 2. The fourth-order valence-electron chi connectivity index (χ4n) is 6.11. The van der Waals surface area contributed by atoms with Crippen LogP contribution in [0.3, 0.4) is 0 Å². The highest BCUT2D eigenvalue weighted by Crippen LogP contribution is 2.49. The molecule has 1 aliphatic carbocycles. The summed E-state index contributed by atoms with van der Waals surface area (Å²) in [5.74, 6) is -7.11. The van der Waals surface area contributed by atoms with Crippen LogP contribution in [0.2, 0.25) is 0 Å². The van der Waals surface area contributed by atoms with E-state index >= 15 is 0 Å². The Kier molecular flexibility index (Phi) is 10.7. The molecule has 0 aliphatic heterocycles. The molecule has 0 unspecified atom stereocenters. The van der Waals surface area contributed by atoms with Crippen LogP contribution in [0.5, 0.6) is 23.0 Å². The first-order valence-corrected chi connectivity index (χ1v) is 15.9. The topological polar surface area (TPSA) is 134 Å². The van der Waals surface area contributed by atoms with Gasteiger partial charge in [-0.25, -0.2) is 0 Å². The molecule has 1 saturated carbocycles. The SMILES string of the molecule is CCN(Cc1ccc(Oc2ccccc2)cc1)C(=O)[C@@H]1[C@H](C(=O)O)[C@@H](C(=O)O)[C@H]1C(=O)N(CC)Cc1ccc(Oc2ccccc2)cc1. The molecule has 0 heterocycles. The van der Waals surface area contributed by atoms with Crippen molar-refractivity contribution in [1.82, 2.24) is 9.80 Å². The van der Waals surface area contributed by atoms with Crippen molar-refractivity contribution in [2.45, 2.75) is 26.9 Å². The lowest BCUT2D eigenvalue weighted by atomic mass is 9.55. The number of hydrogen-bond acceptors (Lipinski definition) is 6. The Morgan fingerprint density at radius 1 is 0.500 bits per heavy atom. The molecule has 0 radical (unpaired) electrons. The Bertz CT molecular complexity index is 1580. The average Bonchev–Trinajstić information content (AvgIpc) is 3.07. The molecule has 0 saturated heterocycles. The van der Waals surface area contributed by atoms with Gasteiger partial charge in [-0.15, -0.1) is 0 Å². The second kappa shape index (κ2) is 15.3. The molecule has 4 aromatic carbocycles. The lowest BCUT2D eigenvalue weighted by Crippen LogP contribution is -2.64. The van der Waals surface area contributed by atoms with E-state index in [-0.39, 0.29) is 26.2 Å². The van der Waals surface area contributed by atoms with Gasteiger partial charge in [0.25, 0.3) is 0 Å². The molecule has 4 atom stereocenters. The summed E-state index contributed by atoms with van der Waals surface area (Å²) in [5.41, 5.74) is 1.54. The van der Waals surface area contributed by atoms with Crippen molar-refractivity contribution in [1.29, 1.82) is 0 Å². The first-order valence-electron chi connectivity index (χ1n) is 15.9. The summed E-state index contributed by atoms with van der Waals surface area (Å²) in [6.07, 6.45) is 0. The van der Waals surface area contributed by atoms with Gasteiger partial charge < -0.3 is 29.5 Å². The van der Waals surface area contributed by atoms with Crippen molar-refractivity contribution in [2.24, 2.45) is 23.7 Å². The highest BCUT2D eigenvalue weighted by atomic mass is 16.5. The van der Waals surface area contributed by atoms with Gasteiger partial charge in [0.1, 0.15) is 23.0 Å². The van der Waals surface area contributed by atoms with Gasteiger partial charge >= 0.3 is 11.9 Å². The third kappa shape index (κ3) is 7.66. The second-order valence-electron chi connectivity index (χ2n) is 11.6. The summed E-state index contributed by atoms with van der Waals surface area (Å²) in [6.45, 7) is 4.28. The van der Waals surface area contributed by atoms with Gasteiger partial charge in [-0.05, 0) is 73.5 Å². The zero-order valence-corrected chi connectivity index (χ0v) is 26.8. The molecule has 0 bridgehead atoms. The summed E-state index contributed by atoms with van der Waals surface area (Å²) >= 11 is 0. The monoisotopic (exact) mass is 650 g/mol. The molecule has 4 aromatic rings. The van der Waals surface area contributed by atoms with Crippen LogP contribution in [0, 0.1) is 23.7 Å². The first kappa shape index (κ1) is 33.7.